The Bertz CT molecular complexity index is 486. The zero-order chi connectivity index (χ0) is 14.0. The number of nitrogens with zero attached hydrogens (tertiary/aromatic N) is 2. The molecule has 104 valence electrons. The summed E-state index contributed by atoms with van der Waals surface area (Å²) in [6, 6.07) is 0. The highest BCUT2D eigenvalue weighted by atomic mass is 16.5. The Kier molecular flexibility index (Phi) is 3.85. The van der Waals surface area contributed by atoms with Gasteiger partial charge in [-0.25, -0.2) is 14.8 Å². The monoisotopic (exact) mass is 264 g/mol. The van der Waals surface area contributed by atoms with Crippen molar-refractivity contribution in [2.75, 3.05) is 6.61 Å². The summed E-state index contributed by atoms with van der Waals surface area (Å²) in [5.74, 6) is -0.0950. The third kappa shape index (κ3) is 2.76. The van der Waals surface area contributed by atoms with Crippen LogP contribution in [0, 0.1) is 0 Å². The summed E-state index contributed by atoms with van der Waals surface area (Å²) >= 11 is 0. The summed E-state index contributed by atoms with van der Waals surface area (Å²) in [5.41, 5.74) is 0.341. The number of hydrogen-bond acceptors (Lipinski definition) is 4. The fraction of sp³-hybridized carbons (Fsp3) is 0.643. The molecule has 2 rings (SSSR count). The van der Waals surface area contributed by atoms with Crippen LogP contribution in [0.4, 0.5) is 0 Å². The molecule has 1 N–H and O–H groups in total. The Labute approximate surface area is 113 Å². The molecule has 1 atom stereocenters. The number of aromatic nitrogens is 2. The molecular weight excluding hydrogens is 244 g/mol. The van der Waals surface area contributed by atoms with Crippen LogP contribution < -0.4 is 0 Å². The van der Waals surface area contributed by atoms with Crippen LogP contribution >= 0.6 is 0 Å². The first-order valence-electron chi connectivity index (χ1n) is 6.76. The van der Waals surface area contributed by atoms with Gasteiger partial charge in [-0.1, -0.05) is 6.92 Å². The lowest BCUT2D eigenvalue weighted by atomic mass is 10.0. The van der Waals surface area contributed by atoms with E-state index in [1.165, 1.54) is 6.20 Å². The summed E-state index contributed by atoms with van der Waals surface area (Å²) in [4.78, 5) is 19.9. The minimum atomic E-state index is -0.955. The summed E-state index contributed by atoms with van der Waals surface area (Å²) in [6.07, 6.45) is 4.19. The number of carbonyl (C=O) groups is 1. The number of hydrogen-bond donors (Lipinski definition) is 1. The topological polar surface area (TPSA) is 72.3 Å². The summed E-state index contributed by atoms with van der Waals surface area (Å²) < 4.78 is 5.75. The van der Waals surface area contributed by atoms with Gasteiger partial charge < -0.3 is 9.84 Å². The Morgan fingerprint density at radius 1 is 1.53 bits per heavy atom. The predicted octanol–water partition coefficient (Wildman–Crippen LogP) is 2.71. The van der Waals surface area contributed by atoms with Gasteiger partial charge in [-0.3, -0.25) is 0 Å². The van der Waals surface area contributed by atoms with Gasteiger partial charge >= 0.3 is 5.97 Å². The van der Waals surface area contributed by atoms with E-state index in [-0.39, 0.29) is 11.5 Å². The van der Waals surface area contributed by atoms with Gasteiger partial charge in [0.1, 0.15) is 5.60 Å². The highest BCUT2D eigenvalue weighted by Gasteiger charge is 2.34. The number of ether oxygens (including phenoxy) is 1. The molecule has 0 radical (unpaired) electrons. The average molecular weight is 264 g/mol. The second-order valence-corrected chi connectivity index (χ2v) is 5.09. The second-order valence-electron chi connectivity index (χ2n) is 5.09. The lowest BCUT2D eigenvalue weighted by molar-refractivity contribution is -0.0392. The van der Waals surface area contributed by atoms with E-state index in [1.54, 1.807) is 0 Å². The maximum atomic E-state index is 11.2. The molecule has 1 aliphatic carbocycles. The zero-order valence-corrected chi connectivity index (χ0v) is 11.6. The minimum absolute atomic E-state index is 0.223. The van der Waals surface area contributed by atoms with E-state index in [2.05, 4.69) is 9.97 Å². The second kappa shape index (κ2) is 5.25. The van der Waals surface area contributed by atoms with Crippen LogP contribution in [0.5, 0.6) is 0 Å². The quantitative estimate of drug-likeness (QED) is 0.855. The molecule has 5 nitrogen and oxygen atoms in total. The van der Waals surface area contributed by atoms with Gasteiger partial charge in [0.25, 0.3) is 0 Å². The van der Waals surface area contributed by atoms with Crippen LogP contribution in [0.15, 0.2) is 6.20 Å². The number of rotatable bonds is 6. The first kappa shape index (κ1) is 13.9. The van der Waals surface area contributed by atoms with Crippen LogP contribution in [-0.2, 0) is 10.3 Å². The maximum absolute atomic E-state index is 11.2. The molecule has 1 aliphatic rings. The molecule has 0 aromatic carbocycles. The van der Waals surface area contributed by atoms with Crippen LogP contribution in [0.3, 0.4) is 0 Å². The van der Waals surface area contributed by atoms with Gasteiger partial charge in [0.05, 0.1) is 11.3 Å². The molecule has 1 fully saturated rings. The van der Waals surface area contributed by atoms with E-state index >= 15 is 0 Å². The maximum Gasteiger partial charge on any atom is 0.339 e. The smallest absolute Gasteiger partial charge is 0.339 e. The van der Waals surface area contributed by atoms with Crippen molar-refractivity contribution in [3.05, 3.63) is 23.3 Å². The Morgan fingerprint density at radius 2 is 2.21 bits per heavy atom. The zero-order valence-electron chi connectivity index (χ0n) is 11.6. The molecule has 0 spiro atoms. The molecule has 1 aromatic heterocycles. The van der Waals surface area contributed by atoms with E-state index in [1.807, 2.05) is 20.8 Å². The highest BCUT2D eigenvalue weighted by Crippen LogP contribution is 2.41. The van der Waals surface area contributed by atoms with Gasteiger partial charge in [0.15, 0.2) is 5.82 Å². The van der Waals surface area contributed by atoms with Gasteiger partial charge in [-0.15, -0.1) is 0 Å². The SMILES string of the molecule is CCOC(C)(CC)c1ncc(C(=O)O)c(C2CC2)n1. The first-order chi connectivity index (χ1) is 9.01. The molecule has 5 heteroatoms. The summed E-state index contributed by atoms with van der Waals surface area (Å²) in [6.45, 7) is 6.47. The largest absolute Gasteiger partial charge is 0.478 e. The third-order valence-electron chi connectivity index (χ3n) is 3.62. The van der Waals surface area contributed by atoms with E-state index in [4.69, 9.17) is 4.74 Å². The molecule has 1 saturated carbocycles. The molecular formula is C14H20N2O3. The molecule has 0 bridgehead atoms. The average Bonchev–Trinajstić information content (AvgIpc) is 3.22. The van der Waals surface area contributed by atoms with E-state index in [0.717, 1.165) is 19.3 Å². The van der Waals surface area contributed by atoms with Crippen molar-refractivity contribution in [3.63, 3.8) is 0 Å². The molecule has 1 aromatic rings. The van der Waals surface area contributed by atoms with Gasteiger partial charge in [0.2, 0.25) is 0 Å². The van der Waals surface area contributed by atoms with Crippen molar-refractivity contribution in [1.29, 1.82) is 0 Å². The summed E-state index contributed by atoms with van der Waals surface area (Å²) in [5, 5.41) is 9.19. The standard InChI is InChI=1S/C14H20N2O3/c1-4-14(3,19-5-2)13-15-8-10(12(17)18)11(16-13)9-6-7-9/h8-9H,4-7H2,1-3H3,(H,17,18). The molecule has 1 heterocycles. The number of carboxylic acid groups (broad SMARTS) is 1. The van der Waals surface area contributed by atoms with E-state index < -0.39 is 11.6 Å². The predicted molar refractivity (Wildman–Crippen MR) is 70.2 cm³/mol. The van der Waals surface area contributed by atoms with Crippen molar-refractivity contribution in [2.45, 2.75) is 51.6 Å². The number of carboxylic acids is 1. The van der Waals surface area contributed by atoms with Crippen molar-refractivity contribution < 1.29 is 14.6 Å². The first-order valence-corrected chi connectivity index (χ1v) is 6.76. The van der Waals surface area contributed by atoms with Crippen LogP contribution in [0.1, 0.15) is 67.8 Å². The Hall–Kier alpha value is -1.49. The van der Waals surface area contributed by atoms with Crippen LogP contribution in [0.25, 0.3) is 0 Å². The number of aromatic carboxylic acids is 1. The lowest BCUT2D eigenvalue weighted by Crippen LogP contribution is -2.28. The van der Waals surface area contributed by atoms with Gasteiger partial charge in [-0.05, 0) is 33.1 Å². The fourth-order valence-corrected chi connectivity index (χ4v) is 2.13. The van der Waals surface area contributed by atoms with Crippen molar-refractivity contribution in [2.24, 2.45) is 0 Å². The van der Waals surface area contributed by atoms with Crippen LogP contribution in [0.2, 0.25) is 0 Å². The Balaban J connectivity index is 2.42. The van der Waals surface area contributed by atoms with Gasteiger partial charge in [-0.2, -0.15) is 0 Å². The van der Waals surface area contributed by atoms with Crippen molar-refractivity contribution >= 4 is 5.97 Å². The molecule has 1 unspecified atom stereocenters. The highest BCUT2D eigenvalue weighted by molar-refractivity contribution is 5.88. The molecule has 19 heavy (non-hydrogen) atoms. The van der Waals surface area contributed by atoms with Crippen LogP contribution in [-0.4, -0.2) is 27.7 Å². The van der Waals surface area contributed by atoms with E-state index in [0.29, 0.717) is 18.1 Å². The molecule has 0 amide bonds. The normalized spacial score (nSPS) is 18.1. The van der Waals surface area contributed by atoms with E-state index in [9.17, 15) is 9.90 Å². The van der Waals surface area contributed by atoms with Crippen molar-refractivity contribution in [3.8, 4) is 0 Å². The Morgan fingerprint density at radius 3 is 2.68 bits per heavy atom. The van der Waals surface area contributed by atoms with Gasteiger partial charge in [0, 0.05) is 18.7 Å². The fourth-order valence-electron chi connectivity index (χ4n) is 2.13. The lowest BCUT2D eigenvalue weighted by Gasteiger charge is -2.27. The third-order valence-corrected chi connectivity index (χ3v) is 3.62. The molecule has 0 saturated heterocycles. The summed E-state index contributed by atoms with van der Waals surface area (Å²) in [7, 11) is 0. The minimum Gasteiger partial charge on any atom is -0.478 e. The van der Waals surface area contributed by atoms with Crippen molar-refractivity contribution in [1.82, 2.24) is 9.97 Å². The molecule has 0 aliphatic heterocycles.